The average molecular weight is 324 g/mol. The summed E-state index contributed by atoms with van der Waals surface area (Å²) in [5, 5.41) is 0. The maximum absolute atomic E-state index is 14.4. The molecule has 0 amide bonds. The van der Waals surface area contributed by atoms with Gasteiger partial charge in [-0.2, -0.15) is 0 Å². The predicted octanol–water partition coefficient (Wildman–Crippen LogP) is 2.04. The second-order valence-corrected chi connectivity index (χ2v) is 6.82. The molecule has 1 fully saturated rings. The van der Waals surface area contributed by atoms with Crippen LogP contribution in [0.25, 0.3) is 0 Å². The highest BCUT2D eigenvalue weighted by atomic mass is 19.1. The van der Waals surface area contributed by atoms with Crippen molar-refractivity contribution in [2.45, 2.75) is 45.3 Å². The van der Waals surface area contributed by atoms with Crippen LogP contribution in [0, 0.1) is 5.82 Å². The molecule has 0 N–H and O–H groups in total. The van der Waals surface area contributed by atoms with Gasteiger partial charge in [-0.3, -0.25) is 0 Å². The van der Waals surface area contributed by atoms with Crippen LogP contribution in [-0.4, -0.2) is 38.8 Å². The molecule has 126 valence electrons. The van der Waals surface area contributed by atoms with Gasteiger partial charge >= 0.3 is 7.12 Å². The summed E-state index contributed by atoms with van der Waals surface area (Å²) >= 11 is 0. The number of hydrogen-bond acceptors (Lipinski definition) is 5. The van der Waals surface area contributed by atoms with E-state index in [-0.39, 0.29) is 12.5 Å². The van der Waals surface area contributed by atoms with Crippen LogP contribution in [0.3, 0.4) is 0 Å². The van der Waals surface area contributed by atoms with Crippen LogP contribution >= 0.6 is 0 Å². The van der Waals surface area contributed by atoms with Crippen LogP contribution in [0.5, 0.6) is 11.5 Å². The molecule has 2 aliphatic heterocycles. The van der Waals surface area contributed by atoms with Crippen molar-refractivity contribution in [3.8, 4) is 11.5 Å². The van der Waals surface area contributed by atoms with Gasteiger partial charge in [0.1, 0.15) is 5.75 Å². The van der Waals surface area contributed by atoms with E-state index in [0.717, 1.165) is 0 Å². The van der Waals surface area contributed by atoms with Gasteiger partial charge in [0.25, 0.3) is 0 Å². The highest BCUT2D eigenvalue weighted by molar-refractivity contribution is 6.63. The van der Waals surface area contributed by atoms with E-state index < -0.39 is 24.1 Å². The summed E-state index contributed by atoms with van der Waals surface area (Å²) in [6.45, 7) is 8.31. The number of ether oxygens (including phenoxy) is 3. The van der Waals surface area contributed by atoms with Gasteiger partial charge < -0.3 is 23.5 Å². The summed E-state index contributed by atoms with van der Waals surface area (Å²) in [6, 6.07) is 1.37. The van der Waals surface area contributed by atoms with Crippen LogP contribution in [-0.2, 0) is 20.5 Å². The number of fused-ring (bicyclic) bond motifs is 1. The molecule has 0 radical (unpaired) electrons. The van der Waals surface area contributed by atoms with Gasteiger partial charge in [0.05, 0.1) is 17.8 Å². The molecule has 0 unspecified atom stereocenters. The number of methoxy groups -OCH3 is 1. The Morgan fingerprint density at radius 3 is 2.48 bits per heavy atom. The Morgan fingerprint density at radius 2 is 1.87 bits per heavy atom. The third kappa shape index (κ3) is 2.71. The second-order valence-electron chi connectivity index (χ2n) is 6.82. The van der Waals surface area contributed by atoms with Crippen molar-refractivity contribution in [2.75, 3.05) is 20.5 Å². The van der Waals surface area contributed by atoms with Crippen molar-refractivity contribution in [1.82, 2.24) is 0 Å². The monoisotopic (exact) mass is 324 g/mol. The molecule has 2 aliphatic rings. The van der Waals surface area contributed by atoms with E-state index in [1.807, 2.05) is 27.7 Å². The molecular formula is C16H22BFO5. The molecule has 0 aliphatic carbocycles. The molecule has 5 nitrogen and oxygen atoms in total. The SMILES string of the molecule is COCOc1c(B2OC(C)(C)C(C)(C)O2)cc(F)c2c1CCO2. The Kier molecular flexibility index (Phi) is 4.06. The molecule has 0 spiro atoms. The largest absolute Gasteiger partial charge is 0.498 e. The lowest BCUT2D eigenvalue weighted by Gasteiger charge is -2.32. The van der Waals surface area contributed by atoms with Crippen molar-refractivity contribution in [3.05, 3.63) is 17.4 Å². The first-order valence-corrected chi connectivity index (χ1v) is 7.72. The lowest BCUT2D eigenvalue weighted by molar-refractivity contribution is 0.00578. The van der Waals surface area contributed by atoms with E-state index in [2.05, 4.69) is 0 Å². The summed E-state index contributed by atoms with van der Waals surface area (Å²) in [4.78, 5) is 0. The Balaban J connectivity index is 2.04. The summed E-state index contributed by atoms with van der Waals surface area (Å²) < 4.78 is 42.5. The Bertz CT molecular complexity index is 601. The molecular weight excluding hydrogens is 302 g/mol. The van der Waals surface area contributed by atoms with E-state index in [0.29, 0.717) is 29.8 Å². The van der Waals surface area contributed by atoms with E-state index in [1.165, 1.54) is 13.2 Å². The average Bonchev–Trinajstić information content (AvgIpc) is 3.01. The van der Waals surface area contributed by atoms with Gasteiger partial charge in [0.2, 0.25) is 0 Å². The third-order valence-electron chi connectivity index (χ3n) is 4.74. The molecule has 1 aromatic rings. The molecule has 0 atom stereocenters. The maximum Gasteiger partial charge on any atom is 0.498 e. The van der Waals surface area contributed by atoms with Gasteiger partial charge in [-0.15, -0.1) is 0 Å². The smallest absolute Gasteiger partial charge is 0.490 e. The zero-order valence-electron chi connectivity index (χ0n) is 14.2. The van der Waals surface area contributed by atoms with E-state index in [4.69, 9.17) is 23.5 Å². The van der Waals surface area contributed by atoms with Gasteiger partial charge in [-0.25, -0.2) is 4.39 Å². The zero-order chi connectivity index (χ0) is 16.8. The first-order chi connectivity index (χ1) is 10.8. The lowest BCUT2D eigenvalue weighted by atomic mass is 9.77. The number of halogens is 1. The summed E-state index contributed by atoms with van der Waals surface area (Å²) in [6.07, 6.45) is 0.582. The standard InChI is InChI=1S/C16H22BFO5/c1-15(2)16(3,4)23-17(22-15)11-8-12(18)14-10(6-7-20-14)13(11)21-9-19-5/h8H,6-7,9H2,1-5H3. The first kappa shape index (κ1) is 16.5. The fourth-order valence-electron chi connectivity index (χ4n) is 2.76. The zero-order valence-corrected chi connectivity index (χ0v) is 14.2. The van der Waals surface area contributed by atoms with E-state index >= 15 is 0 Å². The minimum atomic E-state index is -0.702. The molecule has 7 heteroatoms. The van der Waals surface area contributed by atoms with Gasteiger partial charge in [-0.1, -0.05) is 0 Å². The minimum Gasteiger partial charge on any atom is -0.490 e. The molecule has 3 rings (SSSR count). The second kappa shape index (κ2) is 5.65. The van der Waals surface area contributed by atoms with Crippen LogP contribution in [0.1, 0.15) is 33.3 Å². The van der Waals surface area contributed by atoms with Crippen molar-refractivity contribution >= 4 is 12.6 Å². The van der Waals surface area contributed by atoms with Gasteiger partial charge in [-0.05, 0) is 33.8 Å². The number of benzene rings is 1. The van der Waals surface area contributed by atoms with Crippen LogP contribution in [0.4, 0.5) is 4.39 Å². The molecule has 0 aromatic heterocycles. The lowest BCUT2D eigenvalue weighted by Crippen LogP contribution is -2.41. The Labute approximate surface area is 136 Å². The summed E-state index contributed by atoms with van der Waals surface area (Å²) in [7, 11) is 0.835. The molecule has 0 bridgehead atoms. The molecule has 1 aromatic carbocycles. The topological polar surface area (TPSA) is 46.2 Å². The van der Waals surface area contributed by atoms with Crippen LogP contribution < -0.4 is 14.9 Å². The van der Waals surface area contributed by atoms with Gasteiger partial charge in [0.15, 0.2) is 18.4 Å². The molecule has 2 heterocycles. The van der Waals surface area contributed by atoms with E-state index in [9.17, 15) is 4.39 Å². The van der Waals surface area contributed by atoms with Crippen molar-refractivity contribution in [1.29, 1.82) is 0 Å². The van der Waals surface area contributed by atoms with Gasteiger partial charge in [0, 0.05) is 24.6 Å². The molecule has 23 heavy (non-hydrogen) atoms. The predicted molar refractivity (Wildman–Crippen MR) is 83.8 cm³/mol. The van der Waals surface area contributed by atoms with Crippen LogP contribution in [0.2, 0.25) is 0 Å². The Morgan fingerprint density at radius 1 is 1.22 bits per heavy atom. The first-order valence-electron chi connectivity index (χ1n) is 7.72. The van der Waals surface area contributed by atoms with E-state index in [1.54, 1.807) is 0 Å². The molecule has 0 saturated carbocycles. The summed E-state index contributed by atoms with van der Waals surface area (Å²) in [5.41, 5.74) is 0.207. The highest BCUT2D eigenvalue weighted by Gasteiger charge is 2.53. The third-order valence-corrected chi connectivity index (χ3v) is 4.74. The maximum atomic E-state index is 14.4. The quantitative estimate of drug-likeness (QED) is 0.627. The van der Waals surface area contributed by atoms with Crippen molar-refractivity contribution in [2.24, 2.45) is 0 Å². The fraction of sp³-hybridized carbons (Fsp3) is 0.625. The fourth-order valence-corrected chi connectivity index (χ4v) is 2.76. The van der Waals surface area contributed by atoms with Crippen molar-refractivity contribution < 1.29 is 27.9 Å². The normalized spacial score (nSPS) is 21.2. The highest BCUT2D eigenvalue weighted by Crippen LogP contribution is 2.40. The Hall–Kier alpha value is -1.31. The van der Waals surface area contributed by atoms with Crippen LogP contribution in [0.15, 0.2) is 6.07 Å². The van der Waals surface area contributed by atoms with Crippen molar-refractivity contribution in [3.63, 3.8) is 0 Å². The molecule has 1 saturated heterocycles. The number of rotatable bonds is 4. The summed E-state index contributed by atoms with van der Waals surface area (Å²) in [5.74, 6) is 0.350. The number of hydrogen-bond donors (Lipinski definition) is 0. The minimum absolute atomic E-state index is 0.0601.